The minimum Gasteiger partial charge on any atom is -0.396 e. The Kier molecular flexibility index (Phi) is 4.02. The molecule has 5 heteroatoms. The predicted octanol–water partition coefficient (Wildman–Crippen LogP) is 0.558. The molecule has 96 valence electrons. The van der Waals surface area contributed by atoms with Crippen molar-refractivity contribution in [2.45, 2.75) is 31.9 Å². The highest BCUT2D eigenvalue weighted by molar-refractivity contribution is 5.30. The number of nitrogens with two attached hydrogens (primary N) is 1. The third-order valence-corrected chi connectivity index (χ3v) is 3.37. The van der Waals surface area contributed by atoms with E-state index in [1.165, 1.54) is 19.3 Å². The number of likely N-dealkylation sites (N-methyl/N-ethyl adjacent to an activating group) is 1. The first-order chi connectivity index (χ1) is 8.13. The zero-order valence-electron chi connectivity index (χ0n) is 10.4. The number of hydrogen-bond acceptors (Lipinski definition) is 4. The van der Waals surface area contributed by atoms with Gasteiger partial charge in [-0.05, 0) is 25.8 Å². The van der Waals surface area contributed by atoms with Gasteiger partial charge >= 0.3 is 0 Å². The molecule has 17 heavy (non-hydrogen) atoms. The van der Waals surface area contributed by atoms with E-state index in [9.17, 15) is 5.11 Å². The molecule has 2 rings (SSSR count). The minimum atomic E-state index is -0.389. The van der Waals surface area contributed by atoms with Gasteiger partial charge in [0.2, 0.25) is 0 Å². The van der Waals surface area contributed by atoms with Crippen molar-refractivity contribution in [2.75, 3.05) is 25.9 Å². The van der Waals surface area contributed by atoms with Gasteiger partial charge in [-0.1, -0.05) is 6.42 Å². The molecular formula is C12H22N4O. The molecule has 0 amide bonds. The van der Waals surface area contributed by atoms with Crippen molar-refractivity contribution in [3.8, 4) is 0 Å². The minimum absolute atomic E-state index is 0.389. The van der Waals surface area contributed by atoms with E-state index < -0.39 is 0 Å². The standard InChI is InChI=1S/C12H22N4O/c1-15(6-10-3-2-4-10)8-12(17)9-16-7-11(13)5-14-16/h5,7,10,12,17H,2-4,6,8-9,13H2,1H3. The fraction of sp³-hybridized carbons (Fsp3) is 0.750. The highest BCUT2D eigenvalue weighted by Gasteiger charge is 2.20. The highest BCUT2D eigenvalue weighted by atomic mass is 16.3. The Morgan fingerprint density at radius 1 is 1.65 bits per heavy atom. The van der Waals surface area contributed by atoms with Crippen molar-refractivity contribution < 1.29 is 5.11 Å². The number of aliphatic hydroxyl groups is 1. The average Bonchev–Trinajstić information content (AvgIpc) is 2.57. The monoisotopic (exact) mass is 238 g/mol. The van der Waals surface area contributed by atoms with Gasteiger partial charge in [-0.2, -0.15) is 5.10 Å². The summed E-state index contributed by atoms with van der Waals surface area (Å²) in [4.78, 5) is 2.21. The second-order valence-electron chi connectivity index (χ2n) is 5.17. The van der Waals surface area contributed by atoms with Gasteiger partial charge < -0.3 is 15.7 Å². The van der Waals surface area contributed by atoms with Crippen molar-refractivity contribution in [1.29, 1.82) is 0 Å². The van der Waals surface area contributed by atoms with Crippen LogP contribution in [0, 0.1) is 5.92 Å². The van der Waals surface area contributed by atoms with E-state index in [2.05, 4.69) is 17.0 Å². The summed E-state index contributed by atoms with van der Waals surface area (Å²) < 4.78 is 1.69. The van der Waals surface area contributed by atoms with E-state index in [0.29, 0.717) is 18.8 Å². The number of nitrogens with zero attached hydrogens (tertiary/aromatic N) is 3. The molecule has 1 aromatic rings. The van der Waals surface area contributed by atoms with Gasteiger partial charge in [0.15, 0.2) is 0 Å². The number of nitrogen functional groups attached to an aromatic ring is 1. The fourth-order valence-corrected chi connectivity index (χ4v) is 2.30. The van der Waals surface area contributed by atoms with Crippen LogP contribution in [0.4, 0.5) is 5.69 Å². The average molecular weight is 238 g/mol. The lowest BCUT2D eigenvalue weighted by Gasteiger charge is -2.31. The van der Waals surface area contributed by atoms with Crippen LogP contribution < -0.4 is 5.73 Å². The van der Waals surface area contributed by atoms with E-state index in [1.807, 2.05) is 0 Å². The molecule has 5 nitrogen and oxygen atoms in total. The summed E-state index contributed by atoms with van der Waals surface area (Å²) in [6, 6.07) is 0. The van der Waals surface area contributed by atoms with Crippen LogP contribution in [-0.4, -0.2) is 46.0 Å². The highest BCUT2D eigenvalue weighted by Crippen LogP contribution is 2.26. The second kappa shape index (κ2) is 5.51. The van der Waals surface area contributed by atoms with Crippen LogP contribution in [0.15, 0.2) is 12.4 Å². The lowest BCUT2D eigenvalue weighted by atomic mass is 9.85. The van der Waals surface area contributed by atoms with Gasteiger partial charge in [-0.25, -0.2) is 0 Å². The van der Waals surface area contributed by atoms with Gasteiger partial charge in [-0.15, -0.1) is 0 Å². The molecular weight excluding hydrogens is 216 g/mol. The van der Waals surface area contributed by atoms with E-state index in [4.69, 9.17) is 5.73 Å². The number of hydrogen-bond donors (Lipinski definition) is 2. The van der Waals surface area contributed by atoms with Crippen molar-refractivity contribution >= 4 is 5.69 Å². The first-order valence-electron chi connectivity index (χ1n) is 6.28. The largest absolute Gasteiger partial charge is 0.396 e. The fourth-order valence-electron chi connectivity index (χ4n) is 2.30. The van der Waals surface area contributed by atoms with Crippen LogP contribution >= 0.6 is 0 Å². The zero-order chi connectivity index (χ0) is 12.3. The maximum atomic E-state index is 9.94. The number of rotatable bonds is 6. The molecule has 0 aliphatic heterocycles. The van der Waals surface area contributed by atoms with Crippen LogP contribution in [0.1, 0.15) is 19.3 Å². The molecule has 1 aliphatic carbocycles. The summed E-state index contributed by atoms with van der Waals surface area (Å²) in [5.74, 6) is 0.840. The quantitative estimate of drug-likeness (QED) is 0.760. The number of aliphatic hydroxyl groups excluding tert-OH is 1. The predicted molar refractivity (Wildman–Crippen MR) is 67.5 cm³/mol. The number of aromatic nitrogens is 2. The van der Waals surface area contributed by atoms with E-state index >= 15 is 0 Å². The maximum absolute atomic E-state index is 9.94. The lowest BCUT2D eigenvalue weighted by Crippen LogP contribution is -2.36. The summed E-state index contributed by atoms with van der Waals surface area (Å²) in [6.07, 6.45) is 7.01. The zero-order valence-corrected chi connectivity index (χ0v) is 10.4. The third kappa shape index (κ3) is 3.71. The van der Waals surface area contributed by atoms with E-state index in [1.54, 1.807) is 17.1 Å². The van der Waals surface area contributed by atoms with Crippen LogP contribution in [0.25, 0.3) is 0 Å². The van der Waals surface area contributed by atoms with Crippen molar-refractivity contribution in [3.63, 3.8) is 0 Å². The Morgan fingerprint density at radius 2 is 2.41 bits per heavy atom. The molecule has 3 N–H and O–H groups in total. The summed E-state index contributed by atoms with van der Waals surface area (Å²) in [7, 11) is 2.07. The molecule has 1 unspecified atom stereocenters. The van der Waals surface area contributed by atoms with Gasteiger partial charge in [0.25, 0.3) is 0 Å². The smallest absolute Gasteiger partial charge is 0.0862 e. The van der Waals surface area contributed by atoms with E-state index in [0.717, 1.165) is 12.5 Å². The normalized spacial score (nSPS) is 18.3. The molecule has 0 bridgehead atoms. The van der Waals surface area contributed by atoms with Crippen LogP contribution in [-0.2, 0) is 6.54 Å². The van der Waals surface area contributed by atoms with Gasteiger partial charge in [-0.3, -0.25) is 4.68 Å². The van der Waals surface area contributed by atoms with Crippen molar-refractivity contribution in [3.05, 3.63) is 12.4 Å². The Morgan fingerprint density at radius 3 is 2.94 bits per heavy atom. The molecule has 1 atom stereocenters. The summed E-state index contributed by atoms with van der Waals surface area (Å²) >= 11 is 0. The first-order valence-corrected chi connectivity index (χ1v) is 6.28. The van der Waals surface area contributed by atoms with Crippen LogP contribution in [0.5, 0.6) is 0 Å². The van der Waals surface area contributed by atoms with Crippen LogP contribution in [0.3, 0.4) is 0 Å². The molecule has 0 aromatic carbocycles. The molecule has 1 aromatic heterocycles. The molecule has 0 radical (unpaired) electrons. The van der Waals surface area contributed by atoms with Gasteiger partial charge in [0, 0.05) is 19.3 Å². The molecule has 0 spiro atoms. The van der Waals surface area contributed by atoms with Crippen LogP contribution in [0.2, 0.25) is 0 Å². The topological polar surface area (TPSA) is 67.3 Å². The Hall–Kier alpha value is -1.07. The lowest BCUT2D eigenvalue weighted by molar-refractivity contribution is 0.0909. The summed E-state index contributed by atoms with van der Waals surface area (Å²) in [5, 5.41) is 14.0. The summed E-state index contributed by atoms with van der Waals surface area (Å²) in [6.45, 7) is 2.29. The Balaban J connectivity index is 1.70. The van der Waals surface area contributed by atoms with E-state index in [-0.39, 0.29) is 6.10 Å². The molecule has 1 heterocycles. The Bertz CT molecular complexity index is 348. The molecule has 0 saturated heterocycles. The van der Waals surface area contributed by atoms with Crippen molar-refractivity contribution in [1.82, 2.24) is 14.7 Å². The maximum Gasteiger partial charge on any atom is 0.0862 e. The van der Waals surface area contributed by atoms with Crippen molar-refractivity contribution in [2.24, 2.45) is 5.92 Å². The Labute approximate surface area is 102 Å². The SMILES string of the molecule is CN(CC(O)Cn1cc(N)cn1)CC1CCC1. The first kappa shape index (κ1) is 12.4. The third-order valence-electron chi connectivity index (χ3n) is 3.37. The van der Waals surface area contributed by atoms with Gasteiger partial charge in [0.1, 0.15) is 0 Å². The molecule has 1 aliphatic rings. The van der Waals surface area contributed by atoms with Gasteiger partial charge in [0.05, 0.1) is 24.5 Å². The summed E-state index contributed by atoms with van der Waals surface area (Å²) in [5.41, 5.74) is 6.21. The second-order valence-corrected chi connectivity index (χ2v) is 5.17. The molecule has 1 fully saturated rings. The number of anilines is 1. The molecule has 1 saturated carbocycles.